The van der Waals surface area contributed by atoms with Crippen LogP contribution in [0.15, 0.2) is 48.7 Å². The van der Waals surface area contributed by atoms with Crippen LogP contribution in [0.3, 0.4) is 0 Å². The lowest BCUT2D eigenvalue weighted by atomic mass is 9.98. The summed E-state index contributed by atoms with van der Waals surface area (Å²) in [6.07, 6.45) is 2.40. The Bertz CT molecular complexity index is 1960. The van der Waals surface area contributed by atoms with Crippen molar-refractivity contribution >= 4 is 50.1 Å². The first-order valence-corrected chi connectivity index (χ1v) is 16.3. The average molecular weight is 674 g/mol. The van der Waals surface area contributed by atoms with Crippen molar-refractivity contribution < 1.29 is 41.0 Å². The van der Waals surface area contributed by atoms with E-state index in [1.54, 1.807) is 44.4 Å². The van der Waals surface area contributed by atoms with E-state index < -0.39 is 33.5 Å². The number of pyridine rings is 1. The number of esters is 1. The van der Waals surface area contributed by atoms with Crippen molar-refractivity contribution in [3.05, 3.63) is 93.1 Å². The molecule has 1 aromatic heterocycles. The van der Waals surface area contributed by atoms with Crippen LogP contribution in [-0.2, 0) is 39.1 Å². The molecule has 3 aromatic carbocycles. The summed E-state index contributed by atoms with van der Waals surface area (Å²) in [6, 6.07) is 10.6. The summed E-state index contributed by atoms with van der Waals surface area (Å²) in [5.74, 6) is -2.18. The second-order valence-electron chi connectivity index (χ2n) is 10.6. The van der Waals surface area contributed by atoms with E-state index in [9.17, 15) is 26.8 Å². The molecule has 10 nitrogen and oxygen atoms in total. The van der Waals surface area contributed by atoms with Crippen molar-refractivity contribution in [1.82, 2.24) is 9.88 Å². The fourth-order valence-electron chi connectivity index (χ4n) is 5.26. The van der Waals surface area contributed by atoms with Crippen molar-refractivity contribution in [2.45, 2.75) is 26.5 Å². The van der Waals surface area contributed by atoms with Crippen LogP contribution in [0.25, 0.3) is 10.9 Å². The van der Waals surface area contributed by atoms with Crippen molar-refractivity contribution in [2.24, 2.45) is 0 Å². The second-order valence-corrected chi connectivity index (χ2v) is 13.1. The number of amides is 1. The van der Waals surface area contributed by atoms with Gasteiger partial charge in [-0.25, -0.2) is 17.2 Å². The van der Waals surface area contributed by atoms with Gasteiger partial charge in [-0.15, -0.1) is 0 Å². The number of halogens is 3. The normalized spacial score (nSPS) is 12.8. The molecule has 242 valence electrons. The summed E-state index contributed by atoms with van der Waals surface area (Å²) in [5, 5.41) is 0.0446. The van der Waals surface area contributed by atoms with Crippen molar-refractivity contribution in [3.8, 4) is 11.5 Å². The molecule has 0 radical (unpaired) electrons. The van der Waals surface area contributed by atoms with E-state index in [0.29, 0.717) is 28.3 Å². The van der Waals surface area contributed by atoms with Crippen LogP contribution in [0, 0.1) is 11.6 Å². The first-order chi connectivity index (χ1) is 21.8. The molecule has 0 saturated carbocycles. The molecular formula is C32H30ClF2N3O7S. The number of carbonyl (C=O) groups is 2. The highest BCUT2D eigenvalue weighted by molar-refractivity contribution is 7.92. The van der Waals surface area contributed by atoms with Gasteiger partial charge >= 0.3 is 5.97 Å². The highest BCUT2D eigenvalue weighted by atomic mass is 35.5. The molecule has 0 unspecified atom stereocenters. The second kappa shape index (κ2) is 13.1. The highest BCUT2D eigenvalue weighted by Crippen LogP contribution is 2.45. The van der Waals surface area contributed by atoms with Gasteiger partial charge in [-0.05, 0) is 47.9 Å². The Labute approximate surface area is 269 Å². The molecule has 1 amide bonds. The number of ether oxygens (including phenoxy) is 3. The van der Waals surface area contributed by atoms with Crippen LogP contribution >= 0.6 is 11.6 Å². The molecule has 5 rings (SSSR count). The Kier molecular flexibility index (Phi) is 9.36. The summed E-state index contributed by atoms with van der Waals surface area (Å²) in [4.78, 5) is 32.1. The Morgan fingerprint density at radius 3 is 2.48 bits per heavy atom. The van der Waals surface area contributed by atoms with E-state index in [4.69, 9.17) is 25.8 Å². The number of rotatable bonds is 11. The minimum atomic E-state index is -3.89. The number of nitrogens with zero attached hydrogens (tertiary/aromatic N) is 3. The van der Waals surface area contributed by atoms with Crippen LogP contribution in [0.4, 0.5) is 14.5 Å². The maximum absolute atomic E-state index is 14.7. The van der Waals surface area contributed by atoms with E-state index >= 15 is 0 Å². The van der Waals surface area contributed by atoms with Gasteiger partial charge in [-0.3, -0.25) is 18.9 Å². The predicted molar refractivity (Wildman–Crippen MR) is 168 cm³/mol. The van der Waals surface area contributed by atoms with Crippen molar-refractivity contribution in [3.63, 3.8) is 0 Å². The summed E-state index contributed by atoms with van der Waals surface area (Å²) < 4.78 is 71.9. The summed E-state index contributed by atoms with van der Waals surface area (Å²) in [6.45, 7) is 1.28. The molecule has 46 heavy (non-hydrogen) atoms. The third kappa shape index (κ3) is 6.56. The minimum Gasteiger partial charge on any atom is -0.497 e. The first kappa shape index (κ1) is 32.9. The summed E-state index contributed by atoms with van der Waals surface area (Å²) in [5.41, 5.74) is 1.97. The molecule has 0 atom stereocenters. The zero-order valence-electron chi connectivity index (χ0n) is 25.4. The summed E-state index contributed by atoms with van der Waals surface area (Å²) >= 11 is 5.91. The lowest BCUT2D eigenvalue weighted by molar-refractivity contribution is -0.143. The van der Waals surface area contributed by atoms with Crippen molar-refractivity contribution in [1.29, 1.82) is 0 Å². The SMILES string of the molecule is CCOC(=O)CN1Cc2c(c(OCc3ccc(OC)cc3)c3ncc(Cc4cc(Cl)c(F)cc4F)cc3c2N(C)S(C)(=O)=O)C1=O. The number of hydrogen-bond acceptors (Lipinski definition) is 8. The average Bonchev–Trinajstić information content (AvgIpc) is 3.32. The maximum atomic E-state index is 14.7. The first-order valence-electron chi connectivity index (χ1n) is 14.1. The van der Waals surface area contributed by atoms with Crippen LogP contribution in [0.2, 0.25) is 5.02 Å². The Balaban J connectivity index is 1.70. The van der Waals surface area contributed by atoms with Gasteiger partial charge in [0.15, 0.2) is 5.75 Å². The molecule has 0 spiro atoms. The lowest BCUT2D eigenvalue weighted by Crippen LogP contribution is -2.31. The number of anilines is 1. The summed E-state index contributed by atoms with van der Waals surface area (Å²) in [7, 11) is -1.00. The van der Waals surface area contributed by atoms with Crippen LogP contribution in [0.1, 0.15) is 39.5 Å². The largest absolute Gasteiger partial charge is 0.497 e. The van der Waals surface area contributed by atoms with Gasteiger partial charge in [0.25, 0.3) is 5.91 Å². The quantitative estimate of drug-likeness (QED) is 0.157. The molecule has 2 heterocycles. The number of aromatic nitrogens is 1. The number of methoxy groups -OCH3 is 1. The molecule has 14 heteroatoms. The lowest BCUT2D eigenvalue weighted by Gasteiger charge is -2.24. The van der Waals surface area contributed by atoms with E-state index in [2.05, 4.69) is 4.98 Å². The number of carbonyl (C=O) groups excluding carboxylic acids is 2. The number of hydrogen-bond donors (Lipinski definition) is 0. The third-order valence-electron chi connectivity index (χ3n) is 7.54. The number of sulfonamides is 1. The Morgan fingerprint density at radius 2 is 1.83 bits per heavy atom. The molecule has 0 aliphatic carbocycles. The minimum absolute atomic E-state index is 0.0146. The molecule has 0 saturated heterocycles. The van der Waals surface area contributed by atoms with Crippen LogP contribution < -0.4 is 13.8 Å². The Hall–Kier alpha value is -4.49. The van der Waals surface area contributed by atoms with E-state index in [0.717, 1.165) is 16.1 Å². The topological polar surface area (TPSA) is 115 Å². The molecule has 0 bridgehead atoms. The fraction of sp³-hybridized carbons (Fsp3) is 0.281. The van der Waals surface area contributed by atoms with E-state index in [-0.39, 0.29) is 65.8 Å². The predicted octanol–water partition coefficient (Wildman–Crippen LogP) is 5.26. The smallest absolute Gasteiger partial charge is 0.325 e. The van der Waals surface area contributed by atoms with E-state index in [1.807, 2.05) is 0 Å². The molecule has 0 N–H and O–H groups in total. The zero-order chi connectivity index (χ0) is 33.3. The fourth-order valence-corrected chi connectivity index (χ4v) is 5.98. The number of benzene rings is 3. The van der Waals surface area contributed by atoms with Gasteiger partial charge in [0.2, 0.25) is 10.0 Å². The van der Waals surface area contributed by atoms with E-state index in [1.165, 1.54) is 24.2 Å². The third-order valence-corrected chi connectivity index (χ3v) is 9.01. The molecule has 1 aliphatic rings. The Morgan fingerprint density at radius 1 is 1.11 bits per heavy atom. The van der Waals surface area contributed by atoms with Gasteiger partial charge in [0.1, 0.15) is 36.1 Å². The standard InChI is InChI=1S/C32H30ClF2N3O7S/c1-5-44-27(39)16-38-15-23-28(32(38)40)31(45-17-18-6-8-21(43-3)9-7-18)29-22(30(23)37(2)46(4,41)42)11-19(14-36-29)10-20-12-24(33)26(35)13-25(20)34/h6-9,11-14H,5,10,15-17H2,1-4H3. The maximum Gasteiger partial charge on any atom is 0.325 e. The monoisotopic (exact) mass is 673 g/mol. The highest BCUT2D eigenvalue weighted by Gasteiger charge is 2.39. The van der Waals surface area contributed by atoms with Crippen LogP contribution in [-0.4, -0.2) is 63.7 Å². The van der Waals surface area contributed by atoms with Gasteiger partial charge in [-0.2, -0.15) is 0 Å². The van der Waals surface area contributed by atoms with Crippen LogP contribution in [0.5, 0.6) is 11.5 Å². The van der Waals surface area contributed by atoms with Crippen molar-refractivity contribution in [2.75, 3.05) is 37.9 Å². The zero-order valence-corrected chi connectivity index (χ0v) is 27.0. The molecule has 1 aliphatic heterocycles. The number of fused-ring (bicyclic) bond motifs is 2. The van der Waals surface area contributed by atoms with Gasteiger partial charge in [-0.1, -0.05) is 23.7 Å². The van der Waals surface area contributed by atoms with Gasteiger partial charge in [0.05, 0.1) is 36.2 Å². The molecule has 0 fully saturated rings. The molecular weight excluding hydrogens is 644 g/mol. The molecule has 4 aromatic rings. The van der Waals surface area contributed by atoms with Gasteiger partial charge < -0.3 is 19.1 Å². The van der Waals surface area contributed by atoms with Gasteiger partial charge in [0, 0.05) is 43.2 Å².